The molecular formula is C10H16N4. The van der Waals surface area contributed by atoms with Crippen LogP contribution in [0.1, 0.15) is 24.5 Å². The fraction of sp³-hybridized carbons (Fsp3) is 0.600. The molecule has 0 aromatic carbocycles. The topological polar surface area (TPSA) is 49.8 Å². The Kier molecular flexibility index (Phi) is 2.93. The van der Waals surface area contributed by atoms with Gasteiger partial charge in [0.05, 0.1) is 11.9 Å². The highest BCUT2D eigenvalue weighted by Crippen LogP contribution is 2.21. The van der Waals surface area contributed by atoms with Crippen LogP contribution in [0, 0.1) is 0 Å². The summed E-state index contributed by atoms with van der Waals surface area (Å²) in [4.78, 5) is 8.68. The summed E-state index contributed by atoms with van der Waals surface area (Å²) in [5, 5.41) is 6.40. The van der Waals surface area contributed by atoms with Gasteiger partial charge in [0.15, 0.2) is 0 Å². The molecule has 1 aliphatic heterocycles. The molecular weight excluding hydrogens is 176 g/mol. The lowest BCUT2D eigenvalue weighted by Crippen LogP contribution is -2.29. The second kappa shape index (κ2) is 4.37. The minimum Gasteiger partial charge on any atom is -0.372 e. The summed E-state index contributed by atoms with van der Waals surface area (Å²) in [7, 11) is 1.87. The number of rotatable bonds is 2. The zero-order valence-corrected chi connectivity index (χ0v) is 8.45. The van der Waals surface area contributed by atoms with Gasteiger partial charge >= 0.3 is 0 Å². The van der Waals surface area contributed by atoms with Gasteiger partial charge in [-0.05, 0) is 19.4 Å². The molecule has 2 rings (SSSR count). The van der Waals surface area contributed by atoms with Crippen LogP contribution in [-0.2, 0) is 0 Å². The fourth-order valence-corrected chi connectivity index (χ4v) is 1.80. The summed E-state index contributed by atoms with van der Waals surface area (Å²) in [6.45, 7) is 2.16. The maximum absolute atomic E-state index is 4.50. The Morgan fingerprint density at radius 3 is 3.14 bits per heavy atom. The van der Waals surface area contributed by atoms with E-state index >= 15 is 0 Å². The number of anilines is 1. The molecule has 0 radical (unpaired) electrons. The zero-order valence-electron chi connectivity index (χ0n) is 8.45. The number of hydrogen-bond acceptors (Lipinski definition) is 4. The van der Waals surface area contributed by atoms with Gasteiger partial charge in [0.1, 0.15) is 5.82 Å². The standard InChI is InChI=1S/C10H16N4/c1-11-10-7-13-6-9(14-10)8-3-2-4-12-5-8/h6-8,12H,2-5H2,1H3,(H,11,14)/t8-/m1/s1. The van der Waals surface area contributed by atoms with E-state index < -0.39 is 0 Å². The predicted molar refractivity (Wildman–Crippen MR) is 56.4 cm³/mol. The van der Waals surface area contributed by atoms with Crippen LogP contribution in [0.2, 0.25) is 0 Å². The number of hydrogen-bond donors (Lipinski definition) is 2. The maximum atomic E-state index is 4.50. The van der Waals surface area contributed by atoms with Gasteiger partial charge in [-0.15, -0.1) is 0 Å². The van der Waals surface area contributed by atoms with E-state index in [0.29, 0.717) is 5.92 Å². The van der Waals surface area contributed by atoms with E-state index in [0.717, 1.165) is 24.6 Å². The molecule has 2 N–H and O–H groups in total. The van der Waals surface area contributed by atoms with E-state index in [1.807, 2.05) is 13.2 Å². The Balaban J connectivity index is 2.13. The smallest absolute Gasteiger partial charge is 0.144 e. The van der Waals surface area contributed by atoms with Crippen LogP contribution in [0.15, 0.2) is 12.4 Å². The molecule has 1 fully saturated rings. The highest BCUT2D eigenvalue weighted by atomic mass is 15.0. The van der Waals surface area contributed by atoms with Crippen LogP contribution in [0.3, 0.4) is 0 Å². The molecule has 0 aliphatic carbocycles. The first kappa shape index (κ1) is 9.40. The van der Waals surface area contributed by atoms with E-state index in [9.17, 15) is 0 Å². The molecule has 1 aromatic rings. The molecule has 2 heterocycles. The van der Waals surface area contributed by atoms with E-state index in [1.165, 1.54) is 12.8 Å². The minimum atomic E-state index is 0.532. The monoisotopic (exact) mass is 192 g/mol. The summed E-state index contributed by atoms with van der Waals surface area (Å²) in [5.74, 6) is 1.39. The summed E-state index contributed by atoms with van der Waals surface area (Å²) in [6.07, 6.45) is 6.07. The third kappa shape index (κ3) is 2.01. The van der Waals surface area contributed by atoms with E-state index in [2.05, 4.69) is 20.6 Å². The van der Waals surface area contributed by atoms with Gasteiger partial charge in [-0.1, -0.05) is 0 Å². The van der Waals surface area contributed by atoms with Crippen molar-refractivity contribution in [3.05, 3.63) is 18.1 Å². The van der Waals surface area contributed by atoms with Gasteiger partial charge < -0.3 is 10.6 Å². The highest BCUT2D eigenvalue weighted by molar-refractivity contribution is 5.31. The lowest BCUT2D eigenvalue weighted by atomic mass is 9.97. The van der Waals surface area contributed by atoms with Crippen LogP contribution < -0.4 is 10.6 Å². The first-order valence-corrected chi connectivity index (χ1v) is 5.10. The van der Waals surface area contributed by atoms with Gasteiger partial charge in [0.2, 0.25) is 0 Å². The van der Waals surface area contributed by atoms with Crippen molar-refractivity contribution < 1.29 is 0 Å². The van der Waals surface area contributed by atoms with E-state index in [-0.39, 0.29) is 0 Å². The van der Waals surface area contributed by atoms with Crippen molar-refractivity contribution in [2.75, 3.05) is 25.5 Å². The van der Waals surface area contributed by atoms with Gasteiger partial charge in [0.25, 0.3) is 0 Å². The highest BCUT2D eigenvalue weighted by Gasteiger charge is 2.16. The van der Waals surface area contributed by atoms with Crippen molar-refractivity contribution in [3.8, 4) is 0 Å². The number of piperidine rings is 1. The Hall–Kier alpha value is -1.16. The van der Waals surface area contributed by atoms with Crippen molar-refractivity contribution >= 4 is 5.82 Å². The second-order valence-corrected chi connectivity index (χ2v) is 3.62. The average molecular weight is 192 g/mol. The lowest BCUT2D eigenvalue weighted by molar-refractivity contribution is 0.454. The van der Waals surface area contributed by atoms with Gasteiger partial charge in [-0.3, -0.25) is 4.98 Å². The van der Waals surface area contributed by atoms with Crippen LogP contribution in [0.25, 0.3) is 0 Å². The van der Waals surface area contributed by atoms with E-state index in [4.69, 9.17) is 0 Å². The molecule has 1 aliphatic rings. The van der Waals surface area contributed by atoms with Crippen LogP contribution in [0.4, 0.5) is 5.82 Å². The SMILES string of the molecule is CNc1cncc([C@@H]2CCCNC2)n1. The first-order valence-electron chi connectivity index (χ1n) is 5.10. The Morgan fingerprint density at radius 2 is 2.43 bits per heavy atom. The number of nitrogens with one attached hydrogen (secondary N) is 2. The van der Waals surface area contributed by atoms with Crippen molar-refractivity contribution in [2.45, 2.75) is 18.8 Å². The third-order valence-corrected chi connectivity index (χ3v) is 2.62. The molecule has 4 nitrogen and oxygen atoms in total. The molecule has 0 amide bonds. The second-order valence-electron chi connectivity index (χ2n) is 3.62. The summed E-state index contributed by atoms with van der Waals surface area (Å²) >= 11 is 0. The molecule has 4 heteroatoms. The van der Waals surface area contributed by atoms with Crippen molar-refractivity contribution in [1.29, 1.82) is 0 Å². The third-order valence-electron chi connectivity index (χ3n) is 2.62. The van der Waals surface area contributed by atoms with Crippen LogP contribution in [-0.4, -0.2) is 30.1 Å². The Morgan fingerprint density at radius 1 is 1.50 bits per heavy atom. The maximum Gasteiger partial charge on any atom is 0.144 e. The van der Waals surface area contributed by atoms with Crippen molar-refractivity contribution in [3.63, 3.8) is 0 Å². The quantitative estimate of drug-likeness (QED) is 0.733. The van der Waals surface area contributed by atoms with Gasteiger partial charge in [-0.25, -0.2) is 4.98 Å². The molecule has 1 aromatic heterocycles. The van der Waals surface area contributed by atoms with Gasteiger partial charge in [0, 0.05) is 25.7 Å². The summed E-state index contributed by atoms with van der Waals surface area (Å²) in [5.41, 5.74) is 1.10. The molecule has 1 saturated heterocycles. The largest absolute Gasteiger partial charge is 0.372 e. The molecule has 0 bridgehead atoms. The molecule has 76 valence electrons. The average Bonchev–Trinajstić information content (AvgIpc) is 2.30. The van der Waals surface area contributed by atoms with E-state index in [1.54, 1.807) is 6.20 Å². The van der Waals surface area contributed by atoms with Crippen LogP contribution in [0.5, 0.6) is 0 Å². The summed E-state index contributed by atoms with van der Waals surface area (Å²) < 4.78 is 0. The first-order chi connectivity index (χ1) is 6.90. The molecule has 0 spiro atoms. The lowest BCUT2D eigenvalue weighted by Gasteiger charge is -2.22. The summed E-state index contributed by atoms with van der Waals surface area (Å²) in [6, 6.07) is 0. The molecule has 0 saturated carbocycles. The predicted octanol–water partition coefficient (Wildman–Crippen LogP) is 0.985. The fourth-order valence-electron chi connectivity index (χ4n) is 1.80. The Labute approximate surface area is 84.2 Å². The molecule has 1 atom stereocenters. The number of nitrogens with zero attached hydrogens (tertiary/aromatic N) is 2. The molecule has 0 unspecified atom stereocenters. The Bertz CT molecular complexity index is 294. The minimum absolute atomic E-state index is 0.532. The van der Waals surface area contributed by atoms with Crippen LogP contribution >= 0.6 is 0 Å². The van der Waals surface area contributed by atoms with Crippen molar-refractivity contribution in [2.24, 2.45) is 0 Å². The number of aromatic nitrogens is 2. The zero-order chi connectivity index (χ0) is 9.80. The van der Waals surface area contributed by atoms with Gasteiger partial charge in [-0.2, -0.15) is 0 Å². The normalized spacial score (nSPS) is 21.9. The van der Waals surface area contributed by atoms with Crippen molar-refractivity contribution in [1.82, 2.24) is 15.3 Å². The molecule has 14 heavy (non-hydrogen) atoms.